The Hall–Kier alpha value is -1.52. The van der Waals surface area contributed by atoms with Gasteiger partial charge in [0.1, 0.15) is 0 Å². The third-order valence-electron chi connectivity index (χ3n) is 3.26. The van der Waals surface area contributed by atoms with Crippen LogP contribution in [0.2, 0.25) is 10.0 Å². The van der Waals surface area contributed by atoms with Gasteiger partial charge in [-0.2, -0.15) is 0 Å². The lowest BCUT2D eigenvalue weighted by molar-refractivity contribution is -0.125. The molecule has 1 aliphatic rings. The predicted molar refractivity (Wildman–Crippen MR) is 79.4 cm³/mol. The van der Waals surface area contributed by atoms with Crippen molar-refractivity contribution in [1.29, 1.82) is 0 Å². The second kappa shape index (κ2) is 6.29. The van der Waals surface area contributed by atoms with Crippen molar-refractivity contribution >= 4 is 41.1 Å². The van der Waals surface area contributed by atoms with Crippen LogP contribution >= 0.6 is 23.2 Å². The van der Waals surface area contributed by atoms with Gasteiger partial charge < -0.3 is 10.6 Å². The maximum Gasteiger partial charge on any atom is 0.246 e. The van der Waals surface area contributed by atoms with Gasteiger partial charge >= 0.3 is 0 Å². The van der Waals surface area contributed by atoms with Crippen molar-refractivity contribution in [3.8, 4) is 0 Å². The summed E-state index contributed by atoms with van der Waals surface area (Å²) in [6.45, 7) is 0.942. The summed E-state index contributed by atoms with van der Waals surface area (Å²) in [5.41, 5.74) is 6.02. The van der Waals surface area contributed by atoms with Gasteiger partial charge in [0, 0.05) is 19.2 Å². The standard InChI is InChI=1S/C14H14Cl2N2O2/c15-11-3-1-9(7-12(11)16)2-4-13(19)18-6-5-10(8-18)14(17)20/h1-4,7,10H,5-6,8H2,(H2,17,20)/b4-2+. The van der Waals surface area contributed by atoms with Crippen LogP contribution in [0.25, 0.3) is 6.08 Å². The van der Waals surface area contributed by atoms with Crippen LogP contribution in [0.15, 0.2) is 24.3 Å². The molecule has 1 atom stereocenters. The molecule has 2 N–H and O–H groups in total. The van der Waals surface area contributed by atoms with Crippen LogP contribution in [0.5, 0.6) is 0 Å². The molecule has 4 nitrogen and oxygen atoms in total. The van der Waals surface area contributed by atoms with Crippen LogP contribution in [-0.2, 0) is 9.59 Å². The van der Waals surface area contributed by atoms with Crippen LogP contribution in [0.3, 0.4) is 0 Å². The minimum absolute atomic E-state index is 0.139. The van der Waals surface area contributed by atoms with E-state index in [0.29, 0.717) is 29.6 Å². The molecule has 2 amide bonds. The number of nitrogens with two attached hydrogens (primary N) is 1. The molecular formula is C14H14Cl2N2O2. The second-order valence-electron chi connectivity index (χ2n) is 4.68. The highest BCUT2D eigenvalue weighted by Crippen LogP contribution is 2.23. The Labute approximate surface area is 127 Å². The third-order valence-corrected chi connectivity index (χ3v) is 4.00. The minimum atomic E-state index is -0.353. The molecule has 0 bridgehead atoms. The first-order valence-electron chi connectivity index (χ1n) is 6.18. The summed E-state index contributed by atoms with van der Waals surface area (Å²) in [5, 5.41) is 0.912. The lowest BCUT2D eigenvalue weighted by Crippen LogP contribution is -2.30. The molecule has 1 aromatic carbocycles. The lowest BCUT2D eigenvalue weighted by Gasteiger charge is -2.13. The quantitative estimate of drug-likeness (QED) is 0.871. The number of hydrogen-bond donors (Lipinski definition) is 1. The largest absolute Gasteiger partial charge is 0.369 e. The molecule has 1 unspecified atom stereocenters. The maximum atomic E-state index is 12.0. The number of rotatable bonds is 3. The number of carbonyl (C=O) groups is 2. The fourth-order valence-electron chi connectivity index (χ4n) is 2.08. The zero-order valence-corrected chi connectivity index (χ0v) is 12.2. The van der Waals surface area contributed by atoms with E-state index < -0.39 is 0 Å². The number of hydrogen-bond acceptors (Lipinski definition) is 2. The molecule has 2 rings (SSSR count). The number of nitrogens with zero attached hydrogens (tertiary/aromatic N) is 1. The summed E-state index contributed by atoms with van der Waals surface area (Å²) in [7, 11) is 0. The van der Waals surface area contributed by atoms with Crippen LogP contribution in [0.4, 0.5) is 0 Å². The number of primary amides is 1. The molecule has 1 aliphatic heterocycles. The van der Waals surface area contributed by atoms with E-state index in [0.717, 1.165) is 5.56 Å². The molecular weight excluding hydrogens is 299 g/mol. The highest BCUT2D eigenvalue weighted by molar-refractivity contribution is 6.42. The van der Waals surface area contributed by atoms with Gasteiger partial charge in [-0.05, 0) is 30.2 Å². The van der Waals surface area contributed by atoms with Crippen molar-refractivity contribution in [3.63, 3.8) is 0 Å². The van der Waals surface area contributed by atoms with Gasteiger partial charge in [-0.25, -0.2) is 0 Å². The molecule has 0 spiro atoms. The van der Waals surface area contributed by atoms with Crippen molar-refractivity contribution in [1.82, 2.24) is 4.90 Å². The first-order chi connectivity index (χ1) is 9.47. The van der Waals surface area contributed by atoms with Crippen LogP contribution < -0.4 is 5.73 Å². The fraction of sp³-hybridized carbons (Fsp3) is 0.286. The van der Waals surface area contributed by atoms with Crippen molar-refractivity contribution in [2.24, 2.45) is 11.7 Å². The van der Waals surface area contributed by atoms with Crippen molar-refractivity contribution in [3.05, 3.63) is 39.9 Å². The molecule has 106 valence electrons. The van der Waals surface area contributed by atoms with E-state index in [1.165, 1.54) is 6.08 Å². The number of benzene rings is 1. The molecule has 0 aliphatic carbocycles. The topological polar surface area (TPSA) is 63.4 Å². The average Bonchev–Trinajstić information content (AvgIpc) is 2.89. The fourth-order valence-corrected chi connectivity index (χ4v) is 2.39. The maximum absolute atomic E-state index is 12.0. The van der Waals surface area contributed by atoms with Crippen LogP contribution in [-0.4, -0.2) is 29.8 Å². The average molecular weight is 313 g/mol. The Balaban J connectivity index is 1.99. The van der Waals surface area contributed by atoms with Crippen LogP contribution in [0.1, 0.15) is 12.0 Å². The van der Waals surface area contributed by atoms with Crippen molar-refractivity contribution in [2.45, 2.75) is 6.42 Å². The highest BCUT2D eigenvalue weighted by atomic mass is 35.5. The minimum Gasteiger partial charge on any atom is -0.369 e. The number of likely N-dealkylation sites (tertiary alicyclic amines) is 1. The Morgan fingerprint density at radius 2 is 2.05 bits per heavy atom. The number of carbonyl (C=O) groups excluding carboxylic acids is 2. The van der Waals surface area contributed by atoms with Gasteiger partial charge in [-0.1, -0.05) is 29.3 Å². The molecule has 1 fully saturated rings. The highest BCUT2D eigenvalue weighted by Gasteiger charge is 2.28. The molecule has 0 saturated carbocycles. The third kappa shape index (κ3) is 3.52. The second-order valence-corrected chi connectivity index (χ2v) is 5.49. The van der Waals surface area contributed by atoms with E-state index in [4.69, 9.17) is 28.9 Å². The molecule has 20 heavy (non-hydrogen) atoms. The Bertz CT molecular complexity index is 572. The monoisotopic (exact) mass is 312 g/mol. The summed E-state index contributed by atoms with van der Waals surface area (Å²) in [6, 6.07) is 5.13. The zero-order valence-electron chi connectivity index (χ0n) is 10.7. The Morgan fingerprint density at radius 1 is 1.30 bits per heavy atom. The van der Waals surface area contributed by atoms with Gasteiger partial charge in [0.2, 0.25) is 11.8 Å². The van der Waals surface area contributed by atoms with E-state index in [-0.39, 0.29) is 17.7 Å². The Morgan fingerprint density at radius 3 is 2.65 bits per heavy atom. The summed E-state index contributed by atoms with van der Waals surface area (Å²) in [4.78, 5) is 24.6. The Kier molecular flexibility index (Phi) is 4.68. The lowest BCUT2D eigenvalue weighted by atomic mass is 10.1. The molecule has 0 radical (unpaired) electrons. The number of amides is 2. The number of halogens is 2. The SMILES string of the molecule is NC(=O)C1CCN(C(=O)/C=C/c2ccc(Cl)c(Cl)c2)C1. The van der Waals surface area contributed by atoms with E-state index in [9.17, 15) is 9.59 Å². The molecule has 0 aromatic heterocycles. The summed E-state index contributed by atoms with van der Waals surface area (Å²) in [5.74, 6) is -0.731. The van der Waals surface area contributed by atoms with Gasteiger partial charge in [0.25, 0.3) is 0 Å². The summed E-state index contributed by atoms with van der Waals surface area (Å²) >= 11 is 11.7. The predicted octanol–water partition coefficient (Wildman–Crippen LogP) is 2.34. The molecule has 1 heterocycles. The van der Waals surface area contributed by atoms with E-state index >= 15 is 0 Å². The normalized spacial score (nSPS) is 18.7. The van der Waals surface area contributed by atoms with Gasteiger partial charge in [-0.3, -0.25) is 9.59 Å². The van der Waals surface area contributed by atoms with Crippen LogP contribution in [0, 0.1) is 5.92 Å². The molecule has 1 saturated heterocycles. The first kappa shape index (κ1) is 14.9. The zero-order chi connectivity index (χ0) is 14.7. The van der Waals surface area contributed by atoms with E-state index in [1.54, 1.807) is 29.2 Å². The van der Waals surface area contributed by atoms with Gasteiger partial charge in [0.15, 0.2) is 0 Å². The first-order valence-corrected chi connectivity index (χ1v) is 6.94. The van der Waals surface area contributed by atoms with Gasteiger partial charge in [-0.15, -0.1) is 0 Å². The van der Waals surface area contributed by atoms with E-state index in [2.05, 4.69) is 0 Å². The van der Waals surface area contributed by atoms with E-state index in [1.807, 2.05) is 0 Å². The molecule has 6 heteroatoms. The van der Waals surface area contributed by atoms with Gasteiger partial charge in [0.05, 0.1) is 16.0 Å². The summed E-state index contributed by atoms with van der Waals surface area (Å²) in [6.07, 6.45) is 3.76. The smallest absolute Gasteiger partial charge is 0.246 e. The van der Waals surface area contributed by atoms with Crippen molar-refractivity contribution < 1.29 is 9.59 Å². The van der Waals surface area contributed by atoms with Crippen molar-refractivity contribution in [2.75, 3.05) is 13.1 Å². The summed E-state index contributed by atoms with van der Waals surface area (Å²) < 4.78 is 0. The molecule has 1 aromatic rings.